The molecule has 0 saturated carbocycles. The van der Waals surface area contributed by atoms with Crippen LogP contribution in [0.5, 0.6) is 5.75 Å². The first-order valence-corrected chi connectivity index (χ1v) is 8.61. The van der Waals surface area contributed by atoms with Gasteiger partial charge in [-0.3, -0.25) is 0 Å². The molecule has 0 radical (unpaired) electrons. The number of hydrogen-bond donors (Lipinski definition) is 0. The van der Waals surface area contributed by atoms with Crippen LogP contribution >= 0.6 is 0 Å². The van der Waals surface area contributed by atoms with Crippen LogP contribution in [0.15, 0.2) is 18.2 Å². The molecule has 1 saturated heterocycles. The first-order chi connectivity index (χ1) is 11.2. The average molecular weight is 363 g/mol. The van der Waals surface area contributed by atoms with E-state index in [1.54, 1.807) is 12.1 Å². The van der Waals surface area contributed by atoms with E-state index in [0.29, 0.717) is 18.8 Å². The molecule has 0 N–H and O–H groups in total. The Morgan fingerprint density at radius 3 is 2.38 bits per heavy atom. The summed E-state index contributed by atoms with van der Waals surface area (Å²) in [5.74, 6) is -0.620. The second kappa shape index (κ2) is 6.86. The summed E-state index contributed by atoms with van der Waals surface area (Å²) in [6, 6.07) is 5.71. The Labute approximate surface area is 138 Å². The summed E-state index contributed by atoms with van der Waals surface area (Å²) in [5.41, 5.74) is -5.42. The standard InChI is InChI=1S/C14H16F3N3O3S/c1-2-19-6-8-20(9-7-19)12-4-3-5-13(11(12)10-18)23-24(21,22)14(15,16)17/h3-5H,2,6-9H2,1H3. The van der Waals surface area contributed by atoms with Crippen molar-refractivity contribution in [1.82, 2.24) is 4.90 Å². The van der Waals surface area contributed by atoms with Gasteiger partial charge in [0.25, 0.3) is 0 Å². The minimum Gasteiger partial charge on any atom is -0.375 e. The fourth-order valence-corrected chi connectivity index (χ4v) is 2.91. The van der Waals surface area contributed by atoms with Gasteiger partial charge in [-0.25, -0.2) is 0 Å². The zero-order valence-electron chi connectivity index (χ0n) is 12.9. The molecule has 10 heteroatoms. The van der Waals surface area contributed by atoms with Crippen molar-refractivity contribution in [2.45, 2.75) is 12.4 Å². The van der Waals surface area contributed by atoms with Crippen LogP contribution in [0.2, 0.25) is 0 Å². The Balaban J connectivity index is 2.32. The minimum atomic E-state index is -5.82. The van der Waals surface area contributed by atoms with Crippen molar-refractivity contribution in [3.05, 3.63) is 23.8 Å². The summed E-state index contributed by atoms with van der Waals surface area (Å²) in [5, 5.41) is 9.28. The number of likely N-dealkylation sites (N-methyl/N-ethyl adjacent to an activating group) is 1. The quantitative estimate of drug-likeness (QED) is 0.601. The van der Waals surface area contributed by atoms with E-state index in [9.17, 15) is 26.9 Å². The fourth-order valence-electron chi connectivity index (χ4n) is 2.44. The van der Waals surface area contributed by atoms with Gasteiger partial charge in [0.05, 0.1) is 5.69 Å². The SMILES string of the molecule is CCN1CCN(c2cccc(OS(=O)(=O)C(F)(F)F)c2C#N)CC1. The highest BCUT2D eigenvalue weighted by Crippen LogP contribution is 2.33. The second-order valence-electron chi connectivity index (χ2n) is 5.17. The molecule has 1 aliphatic heterocycles. The third-order valence-corrected chi connectivity index (χ3v) is 4.73. The van der Waals surface area contributed by atoms with Crippen molar-refractivity contribution >= 4 is 15.8 Å². The third-order valence-electron chi connectivity index (χ3n) is 3.76. The smallest absolute Gasteiger partial charge is 0.375 e. The molecule has 0 atom stereocenters. The molecule has 0 unspecified atom stereocenters. The van der Waals surface area contributed by atoms with Gasteiger partial charge in [0.1, 0.15) is 11.6 Å². The van der Waals surface area contributed by atoms with Gasteiger partial charge in [0.2, 0.25) is 0 Å². The van der Waals surface area contributed by atoms with Gasteiger partial charge in [-0.15, -0.1) is 0 Å². The highest BCUT2D eigenvalue weighted by atomic mass is 32.2. The molecule has 6 nitrogen and oxygen atoms in total. The van der Waals surface area contributed by atoms with Crippen LogP contribution in [-0.2, 0) is 10.1 Å². The molecule has 1 fully saturated rings. The summed E-state index contributed by atoms with van der Waals surface area (Å²) in [4.78, 5) is 4.02. The summed E-state index contributed by atoms with van der Waals surface area (Å²) < 4.78 is 64.0. The number of halogens is 3. The monoisotopic (exact) mass is 363 g/mol. The summed E-state index contributed by atoms with van der Waals surface area (Å²) in [7, 11) is -5.82. The van der Waals surface area contributed by atoms with Gasteiger partial charge in [0, 0.05) is 26.2 Å². The highest BCUT2D eigenvalue weighted by molar-refractivity contribution is 7.88. The van der Waals surface area contributed by atoms with Crippen LogP contribution in [0.3, 0.4) is 0 Å². The van der Waals surface area contributed by atoms with E-state index in [1.165, 1.54) is 6.07 Å². The van der Waals surface area contributed by atoms with E-state index in [0.717, 1.165) is 25.7 Å². The van der Waals surface area contributed by atoms with Crippen LogP contribution in [0.1, 0.15) is 12.5 Å². The van der Waals surface area contributed by atoms with E-state index < -0.39 is 21.4 Å². The van der Waals surface area contributed by atoms with E-state index in [-0.39, 0.29) is 5.56 Å². The number of nitriles is 1. The maximum absolute atomic E-state index is 12.5. The molecular weight excluding hydrogens is 347 g/mol. The lowest BCUT2D eigenvalue weighted by atomic mass is 10.1. The van der Waals surface area contributed by atoms with Gasteiger partial charge in [-0.05, 0) is 18.7 Å². The van der Waals surface area contributed by atoms with Crippen molar-refractivity contribution in [2.75, 3.05) is 37.6 Å². The van der Waals surface area contributed by atoms with Gasteiger partial charge >= 0.3 is 15.6 Å². The molecule has 0 aliphatic carbocycles. The second-order valence-corrected chi connectivity index (χ2v) is 6.70. The highest BCUT2D eigenvalue weighted by Gasteiger charge is 2.49. The molecule has 2 rings (SSSR count). The van der Waals surface area contributed by atoms with Gasteiger partial charge in [0.15, 0.2) is 5.75 Å². The zero-order valence-corrected chi connectivity index (χ0v) is 13.7. The van der Waals surface area contributed by atoms with Crippen LogP contribution in [0.4, 0.5) is 18.9 Å². The Kier molecular flexibility index (Phi) is 5.25. The number of anilines is 1. The van der Waals surface area contributed by atoms with E-state index in [4.69, 9.17) is 0 Å². The average Bonchev–Trinajstić information content (AvgIpc) is 2.53. The molecule has 0 bridgehead atoms. The molecule has 0 spiro atoms. The summed E-state index contributed by atoms with van der Waals surface area (Å²) in [6.07, 6.45) is 0. The summed E-state index contributed by atoms with van der Waals surface area (Å²) >= 11 is 0. The summed E-state index contributed by atoms with van der Waals surface area (Å²) in [6.45, 7) is 5.55. The first kappa shape index (κ1) is 18.4. The van der Waals surface area contributed by atoms with Crippen molar-refractivity contribution in [3.63, 3.8) is 0 Å². The number of nitrogens with zero attached hydrogens (tertiary/aromatic N) is 3. The lowest BCUT2D eigenvalue weighted by Gasteiger charge is -2.36. The molecule has 0 aromatic heterocycles. The Hall–Kier alpha value is -1.99. The predicted octanol–water partition coefficient (Wildman–Crippen LogP) is 1.93. The molecule has 1 aromatic carbocycles. The normalized spacial score (nSPS) is 16.7. The molecule has 1 heterocycles. The molecule has 24 heavy (non-hydrogen) atoms. The predicted molar refractivity (Wildman–Crippen MR) is 81.1 cm³/mol. The van der Waals surface area contributed by atoms with Crippen molar-refractivity contribution in [2.24, 2.45) is 0 Å². The molecule has 132 valence electrons. The molecule has 1 aromatic rings. The Morgan fingerprint density at radius 2 is 1.88 bits per heavy atom. The van der Waals surface area contributed by atoms with Crippen molar-refractivity contribution in [3.8, 4) is 11.8 Å². The van der Waals surface area contributed by atoms with Crippen LogP contribution < -0.4 is 9.08 Å². The van der Waals surface area contributed by atoms with E-state index in [2.05, 4.69) is 9.08 Å². The topological polar surface area (TPSA) is 73.6 Å². The maximum atomic E-state index is 12.5. The van der Waals surface area contributed by atoms with Crippen molar-refractivity contribution < 1.29 is 25.8 Å². The third kappa shape index (κ3) is 3.73. The van der Waals surface area contributed by atoms with E-state index in [1.807, 2.05) is 11.8 Å². The first-order valence-electron chi connectivity index (χ1n) is 7.20. The number of piperazine rings is 1. The van der Waals surface area contributed by atoms with E-state index >= 15 is 0 Å². The Bertz CT molecular complexity index is 736. The molecular formula is C14H16F3N3O3S. The van der Waals surface area contributed by atoms with Gasteiger partial charge in [-0.2, -0.15) is 26.9 Å². The van der Waals surface area contributed by atoms with Crippen LogP contribution in [0.25, 0.3) is 0 Å². The molecule has 0 amide bonds. The fraction of sp³-hybridized carbons (Fsp3) is 0.500. The zero-order chi connectivity index (χ0) is 18.0. The number of benzene rings is 1. The van der Waals surface area contributed by atoms with Gasteiger partial charge < -0.3 is 14.0 Å². The molecule has 1 aliphatic rings. The van der Waals surface area contributed by atoms with Crippen LogP contribution in [0, 0.1) is 11.3 Å². The van der Waals surface area contributed by atoms with Crippen LogP contribution in [-0.4, -0.2) is 51.5 Å². The van der Waals surface area contributed by atoms with Gasteiger partial charge in [-0.1, -0.05) is 13.0 Å². The van der Waals surface area contributed by atoms with Crippen molar-refractivity contribution in [1.29, 1.82) is 5.26 Å². The maximum Gasteiger partial charge on any atom is 0.534 e. The largest absolute Gasteiger partial charge is 0.534 e. The minimum absolute atomic E-state index is 0.227. The Morgan fingerprint density at radius 1 is 1.25 bits per heavy atom. The lowest BCUT2D eigenvalue weighted by Crippen LogP contribution is -2.46. The lowest BCUT2D eigenvalue weighted by molar-refractivity contribution is -0.0500. The number of alkyl halides is 3. The number of rotatable bonds is 4. The number of hydrogen-bond acceptors (Lipinski definition) is 6.